The van der Waals surface area contributed by atoms with Crippen molar-refractivity contribution in [3.63, 3.8) is 0 Å². The van der Waals surface area contributed by atoms with Crippen molar-refractivity contribution in [1.29, 1.82) is 0 Å². The fraction of sp³-hybridized carbons (Fsp3) is 0.467. The van der Waals surface area contributed by atoms with E-state index in [0.29, 0.717) is 6.42 Å². The van der Waals surface area contributed by atoms with E-state index in [0.717, 1.165) is 6.07 Å². The maximum absolute atomic E-state index is 14.4. The summed E-state index contributed by atoms with van der Waals surface area (Å²) in [6.07, 6.45) is 0.505. The lowest BCUT2D eigenvalue weighted by molar-refractivity contribution is -0.129. The highest BCUT2D eigenvalue weighted by molar-refractivity contribution is 8.15. The lowest BCUT2D eigenvalue weighted by Gasteiger charge is -2.34. The number of nitrogen functional groups attached to an aromatic ring is 1. The number of fused-ring (bicyclic) bond motifs is 1. The summed E-state index contributed by atoms with van der Waals surface area (Å²) in [5, 5.41) is 0.193. The molecule has 4 N–H and O–H groups in total. The summed E-state index contributed by atoms with van der Waals surface area (Å²) in [5.74, 6) is -2.39. The lowest BCUT2D eigenvalue weighted by Crippen LogP contribution is -2.43. The van der Waals surface area contributed by atoms with Crippen molar-refractivity contribution in [1.82, 2.24) is 4.90 Å². The van der Waals surface area contributed by atoms with E-state index in [9.17, 15) is 13.6 Å². The molecule has 0 aromatic heterocycles. The molecule has 23 heavy (non-hydrogen) atoms. The van der Waals surface area contributed by atoms with Crippen LogP contribution < -0.4 is 11.5 Å². The Morgan fingerprint density at radius 2 is 2.04 bits per heavy atom. The number of rotatable bonds is 2. The molecule has 0 spiro atoms. The molecule has 0 radical (unpaired) electrons. The summed E-state index contributed by atoms with van der Waals surface area (Å²) in [4.78, 5) is 18.4. The van der Waals surface area contributed by atoms with Crippen molar-refractivity contribution in [2.24, 2.45) is 16.6 Å². The van der Waals surface area contributed by atoms with Gasteiger partial charge in [-0.05, 0) is 25.5 Å². The van der Waals surface area contributed by atoms with Crippen LogP contribution in [0, 0.1) is 17.6 Å². The molecule has 2 aliphatic rings. The second-order valence-corrected chi connectivity index (χ2v) is 7.76. The normalized spacial score (nSPS) is 32.0. The second kappa shape index (κ2) is 4.83. The van der Waals surface area contributed by atoms with Gasteiger partial charge in [0, 0.05) is 31.3 Å². The van der Waals surface area contributed by atoms with E-state index in [4.69, 9.17) is 11.5 Å². The lowest BCUT2D eigenvalue weighted by atomic mass is 9.85. The van der Waals surface area contributed by atoms with Crippen LogP contribution in [0.15, 0.2) is 17.1 Å². The van der Waals surface area contributed by atoms with Crippen molar-refractivity contribution in [2.45, 2.75) is 23.6 Å². The number of hydrogen-bond acceptors (Lipinski definition) is 5. The number of halogens is 2. The topological polar surface area (TPSA) is 84.7 Å². The van der Waals surface area contributed by atoms with Crippen LogP contribution in [0.3, 0.4) is 0 Å². The SMILES string of the molecule is CN(C)C(=O)[C@]12CC1[C@@](C)(c1cc(N)cc(F)c1F)N=C(N)S2. The number of thioether (sulfide) groups is 1. The third kappa shape index (κ3) is 2.19. The van der Waals surface area contributed by atoms with Gasteiger partial charge in [-0.1, -0.05) is 11.8 Å². The van der Waals surface area contributed by atoms with E-state index in [2.05, 4.69) is 4.99 Å². The van der Waals surface area contributed by atoms with Crippen LogP contribution >= 0.6 is 11.8 Å². The molecular weight excluding hydrogens is 322 g/mol. The van der Waals surface area contributed by atoms with Gasteiger partial charge in [0.1, 0.15) is 4.75 Å². The summed E-state index contributed by atoms with van der Waals surface area (Å²) in [7, 11) is 3.32. The summed E-state index contributed by atoms with van der Waals surface area (Å²) in [6.45, 7) is 1.67. The van der Waals surface area contributed by atoms with E-state index in [-0.39, 0.29) is 28.2 Å². The first-order valence-electron chi connectivity index (χ1n) is 7.13. The zero-order valence-corrected chi connectivity index (χ0v) is 13.9. The number of anilines is 1. The van der Waals surface area contributed by atoms with Crippen LogP contribution in [-0.4, -0.2) is 34.8 Å². The molecule has 1 aromatic rings. The minimum Gasteiger partial charge on any atom is -0.399 e. The predicted molar refractivity (Wildman–Crippen MR) is 86.9 cm³/mol. The zero-order valence-electron chi connectivity index (χ0n) is 13.1. The van der Waals surface area contributed by atoms with E-state index in [1.165, 1.54) is 22.7 Å². The van der Waals surface area contributed by atoms with Gasteiger partial charge in [0.2, 0.25) is 5.91 Å². The molecule has 1 amide bonds. The van der Waals surface area contributed by atoms with Crippen molar-refractivity contribution in [3.8, 4) is 0 Å². The van der Waals surface area contributed by atoms with Gasteiger partial charge in [-0.2, -0.15) is 0 Å². The number of hydrogen-bond donors (Lipinski definition) is 2. The quantitative estimate of drug-likeness (QED) is 0.802. The average molecular weight is 340 g/mol. The van der Waals surface area contributed by atoms with Crippen LogP contribution in [0.5, 0.6) is 0 Å². The van der Waals surface area contributed by atoms with E-state index >= 15 is 0 Å². The van der Waals surface area contributed by atoms with Gasteiger partial charge in [0.05, 0.1) is 5.54 Å². The van der Waals surface area contributed by atoms with Crippen molar-refractivity contribution in [2.75, 3.05) is 19.8 Å². The minimum absolute atomic E-state index is 0.0386. The van der Waals surface area contributed by atoms with E-state index < -0.39 is 21.9 Å². The molecule has 1 aliphatic carbocycles. The Morgan fingerprint density at radius 3 is 2.65 bits per heavy atom. The average Bonchev–Trinajstić information content (AvgIpc) is 3.18. The summed E-state index contributed by atoms with van der Waals surface area (Å²) < 4.78 is 27.4. The fourth-order valence-corrected chi connectivity index (χ4v) is 4.91. The molecule has 0 bridgehead atoms. The Balaban J connectivity index is 2.13. The fourth-order valence-electron chi connectivity index (χ4n) is 3.41. The molecule has 1 aromatic carbocycles. The van der Waals surface area contributed by atoms with Crippen LogP contribution in [-0.2, 0) is 10.3 Å². The number of amides is 1. The molecular formula is C15H18F2N4OS. The molecule has 3 rings (SSSR count). The van der Waals surface area contributed by atoms with E-state index in [1.54, 1.807) is 21.0 Å². The monoisotopic (exact) mass is 340 g/mol. The second-order valence-electron chi connectivity index (χ2n) is 6.41. The molecule has 0 saturated heterocycles. The Labute approximate surface area is 137 Å². The molecule has 8 heteroatoms. The van der Waals surface area contributed by atoms with Crippen molar-refractivity contribution < 1.29 is 13.6 Å². The molecule has 3 atom stereocenters. The third-order valence-electron chi connectivity index (χ3n) is 4.58. The molecule has 124 valence electrons. The standard InChI is InChI=1S/C15H18F2N4OS/c1-14(8-4-7(18)5-9(16)11(8)17)10-6-15(10,12(22)21(2)3)23-13(19)20-14/h4-5,10H,6,18H2,1-3H3,(H2,19,20)/t10?,14-,15+/m1/s1. The highest BCUT2D eigenvalue weighted by Gasteiger charge is 2.71. The Hall–Kier alpha value is -1.83. The summed E-state index contributed by atoms with van der Waals surface area (Å²) >= 11 is 1.20. The molecule has 5 nitrogen and oxygen atoms in total. The van der Waals surface area contributed by atoms with Gasteiger partial charge in [-0.25, -0.2) is 8.78 Å². The van der Waals surface area contributed by atoms with Crippen LogP contribution in [0.25, 0.3) is 0 Å². The first-order valence-corrected chi connectivity index (χ1v) is 7.94. The molecule has 1 saturated carbocycles. The minimum atomic E-state index is -1.12. The molecule has 1 heterocycles. The first-order chi connectivity index (χ1) is 10.6. The number of carbonyl (C=O) groups is 1. The Bertz CT molecular complexity index is 738. The van der Waals surface area contributed by atoms with Crippen LogP contribution in [0.4, 0.5) is 14.5 Å². The van der Waals surface area contributed by atoms with Gasteiger partial charge in [-0.3, -0.25) is 9.79 Å². The van der Waals surface area contributed by atoms with Crippen LogP contribution in [0.2, 0.25) is 0 Å². The Morgan fingerprint density at radius 1 is 1.39 bits per heavy atom. The van der Waals surface area contributed by atoms with Gasteiger partial charge < -0.3 is 16.4 Å². The highest BCUT2D eigenvalue weighted by atomic mass is 32.2. The maximum Gasteiger partial charge on any atom is 0.239 e. The van der Waals surface area contributed by atoms with Gasteiger partial charge in [0.15, 0.2) is 16.8 Å². The zero-order chi connectivity index (χ0) is 17.2. The smallest absolute Gasteiger partial charge is 0.239 e. The number of nitrogens with two attached hydrogens (primary N) is 2. The Kier molecular flexibility index (Phi) is 3.37. The number of aliphatic imine (C=N–C) groups is 1. The van der Waals surface area contributed by atoms with Crippen molar-refractivity contribution >= 4 is 28.5 Å². The van der Waals surface area contributed by atoms with Crippen LogP contribution in [0.1, 0.15) is 18.9 Å². The largest absolute Gasteiger partial charge is 0.399 e. The van der Waals surface area contributed by atoms with Crippen molar-refractivity contribution in [3.05, 3.63) is 29.3 Å². The summed E-state index contributed by atoms with van der Waals surface area (Å²) in [6, 6.07) is 2.30. The molecule has 1 unspecified atom stereocenters. The molecule has 1 fully saturated rings. The van der Waals surface area contributed by atoms with Gasteiger partial charge in [0.25, 0.3) is 0 Å². The van der Waals surface area contributed by atoms with Gasteiger partial charge in [-0.15, -0.1) is 0 Å². The molecule has 1 aliphatic heterocycles. The number of amidine groups is 1. The highest BCUT2D eigenvalue weighted by Crippen LogP contribution is 2.66. The number of nitrogens with zero attached hydrogens (tertiary/aromatic N) is 2. The number of benzene rings is 1. The van der Waals surface area contributed by atoms with Gasteiger partial charge >= 0.3 is 0 Å². The number of carbonyl (C=O) groups excluding carboxylic acids is 1. The maximum atomic E-state index is 14.4. The third-order valence-corrected chi connectivity index (χ3v) is 5.87. The van der Waals surface area contributed by atoms with E-state index in [1.807, 2.05) is 0 Å². The first kappa shape index (κ1) is 16.0. The summed E-state index contributed by atoms with van der Waals surface area (Å²) in [5.41, 5.74) is 10.6. The predicted octanol–water partition coefficient (Wildman–Crippen LogP) is 1.67.